The third kappa shape index (κ3) is 18.4. The van der Waals surface area contributed by atoms with Gasteiger partial charge in [0.05, 0.1) is 44.4 Å². The molecule has 4 aliphatic heterocycles. The molecule has 10 rings (SSSR count). The predicted octanol–water partition coefficient (Wildman–Crippen LogP) is 3.00. The van der Waals surface area contributed by atoms with Gasteiger partial charge in [-0.05, 0) is 123 Å². The van der Waals surface area contributed by atoms with Crippen LogP contribution in [0.2, 0.25) is 0 Å². The van der Waals surface area contributed by atoms with Gasteiger partial charge in [0.1, 0.15) is 65.1 Å². The van der Waals surface area contributed by atoms with Gasteiger partial charge in [0.15, 0.2) is 0 Å². The van der Waals surface area contributed by atoms with Gasteiger partial charge in [0.2, 0.25) is 53.2 Å². The van der Waals surface area contributed by atoms with Crippen LogP contribution in [0.4, 0.5) is 4.39 Å². The first kappa shape index (κ1) is 75.2. The minimum atomic E-state index is -1.78. The number of carbonyl (C=O) groups excluding carboxylic acids is 9. The molecule has 0 aliphatic carbocycles. The highest BCUT2D eigenvalue weighted by Crippen LogP contribution is 2.33. The third-order valence-corrected chi connectivity index (χ3v) is 20.8. The molecule has 9 amide bonds. The maximum atomic E-state index is 16.2. The molecule has 6 bridgehead atoms. The summed E-state index contributed by atoms with van der Waals surface area (Å²) in [6, 6.07) is 15.6. The molecule has 10 atom stereocenters. The van der Waals surface area contributed by atoms with E-state index < -0.39 is 119 Å². The van der Waals surface area contributed by atoms with E-state index in [1.807, 2.05) is 34.9 Å². The van der Waals surface area contributed by atoms with Crippen LogP contribution in [0.1, 0.15) is 85.7 Å². The molecular weight excluding hydrogens is 1350 g/mol. The number of methoxy groups -OCH3 is 1. The quantitative estimate of drug-likeness (QED) is 0.0795. The highest BCUT2D eigenvalue weighted by Gasteiger charge is 2.49. The number of aromatic nitrogens is 4. The van der Waals surface area contributed by atoms with Crippen molar-refractivity contribution in [1.29, 1.82) is 0 Å². The second-order valence-corrected chi connectivity index (χ2v) is 28.5. The molecule has 4 aromatic carbocycles. The van der Waals surface area contributed by atoms with E-state index in [4.69, 9.17) is 15.2 Å². The molecule has 0 saturated carbocycles. The Hall–Kier alpha value is -9.42. The number of benzene rings is 4. The van der Waals surface area contributed by atoms with Gasteiger partial charge in [-0.2, -0.15) is 23.5 Å². The summed E-state index contributed by atoms with van der Waals surface area (Å²) in [4.78, 5) is 137. The van der Waals surface area contributed by atoms with Gasteiger partial charge >= 0.3 is 0 Å². The number of amides is 9. The van der Waals surface area contributed by atoms with Crippen molar-refractivity contribution in [2.75, 3.05) is 51.4 Å². The van der Waals surface area contributed by atoms with Crippen LogP contribution in [-0.2, 0) is 91.6 Å². The number of aliphatic hydroxyl groups is 1. The van der Waals surface area contributed by atoms with Crippen molar-refractivity contribution in [3.05, 3.63) is 168 Å². The molecule has 0 radical (unpaired) electrons. The fraction of sp³-hybridized carbons (Fsp3) is 0.438. The van der Waals surface area contributed by atoms with Gasteiger partial charge in [0.25, 0.3) is 0 Å². The molecule has 2 saturated heterocycles. The smallest absolute Gasteiger partial charge is 0.246 e. The summed E-state index contributed by atoms with van der Waals surface area (Å²) in [6.45, 7) is 11.9. The first-order valence-corrected chi connectivity index (χ1v) is 36.5. The van der Waals surface area contributed by atoms with Crippen molar-refractivity contribution in [1.82, 2.24) is 66.6 Å². The van der Waals surface area contributed by atoms with Crippen molar-refractivity contribution in [3.8, 4) is 11.4 Å². The van der Waals surface area contributed by atoms with Crippen LogP contribution in [0.3, 0.4) is 0 Å². The topological polar surface area (TPSA) is 345 Å². The van der Waals surface area contributed by atoms with E-state index in [0.29, 0.717) is 87.1 Å². The van der Waals surface area contributed by atoms with Crippen LogP contribution in [0.25, 0.3) is 16.6 Å². The second kappa shape index (κ2) is 34.5. The molecule has 0 unspecified atom stereocenters. The number of nitrogens with one attached hydrogen (secondary N) is 7. The van der Waals surface area contributed by atoms with Crippen LogP contribution >= 0.6 is 23.5 Å². The molecule has 6 aromatic rings. The minimum Gasteiger partial charge on any atom is -0.497 e. The minimum absolute atomic E-state index is 0.00191. The summed E-state index contributed by atoms with van der Waals surface area (Å²) in [5.74, 6) is -4.97. The fourth-order valence-electron chi connectivity index (χ4n) is 13.4. The summed E-state index contributed by atoms with van der Waals surface area (Å²) in [6.07, 6.45) is 2.89. The number of fused-ring (bicyclic) bond motifs is 6. The number of allylic oxidation sites excluding steroid dienone is 1. The first-order valence-electron chi connectivity index (χ1n) is 34.2. The Morgan fingerprint density at radius 3 is 2.23 bits per heavy atom. The largest absolute Gasteiger partial charge is 0.497 e. The zero-order valence-electron chi connectivity index (χ0n) is 57.6. The Labute approximate surface area is 599 Å². The van der Waals surface area contributed by atoms with E-state index >= 15 is 28.4 Å². The van der Waals surface area contributed by atoms with Crippen LogP contribution in [0, 0.1) is 5.82 Å². The Morgan fingerprint density at radius 2 is 1.50 bits per heavy atom. The summed E-state index contributed by atoms with van der Waals surface area (Å²) < 4.78 is 30.5. The van der Waals surface area contributed by atoms with Crippen molar-refractivity contribution >= 4 is 87.6 Å². The zero-order valence-corrected chi connectivity index (χ0v) is 59.3. The molecule has 2 aromatic heterocycles. The van der Waals surface area contributed by atoms with Gasteiger partial charge < -0.3 is 71.9 Å². The third-order valence-electron chi connectivity index (χ3n) is 18.8. The van der Waals surface area contributed by atoms with Crippen molar-refractivity contribution in [3.63, 3.8) is 0 Å². The Morgan fingerprint density at radius 1 is 0.775 bits per heavy atom. The Balaban J connectivity index is 1.11. The average molecular weight is 1440 g/mol. The molecular formula is C73H89FN14O12S2. The standard InChI is InChI=1S/C73H89FN14O12S2/c1-7-11-45-12-9-13-47(29-45)34-56-66(92)80-58-37-53-36-50-35-51(74)16-19-60(50)86(53)39-52-40-88(84-83-52)54-31-48(41-101-27-21-62(90)78-59(38-75)67(93)77-43(3)65(91)79-56)30-49(32-54)42-102-28-23-76-72(98)73(5)22-10-24-87(73)71(97)57(33-46-14-17-55(99-6)18-15-46)81-68(94)63(44(4)89)82-69(95)64-61(100-26-8-2)20-25-85(64)70(58)96/h7-9,12-19,29-32,35-36,40,43-44,56-59,61,63-64,89H,1-2,10-11,20-28,33-34,37-39,41-42,75H2,3-6H3,(H,76,98)(H,77,93)(H,78,90)(H,79,91)(H,80,92)(H,81,94)(H,82,95)/t43-,44-,56+,57+,58+,59+,61+,63+,64+,73+/m1/s1. The maximum absolute atomic E-state index is 16.2. The molecule has 29 heteroatoms. The number of nitrogens with zero attached hydrogens (tertiary/aromatic N) is 6. The normalized spacial score (nSPS) is 24.6. The summed E-state index contributed by atoms with van der Waals surface area (Å²) >= 11 is 3.03. The van der Waals surface area contributed by atoms with E-state index in [9.17, 15) is 24.3 Å². The molecule has 4 aliphatic rings. The van der Waals surface area contributed by atoms with Crippen LogP contribution in [-0.4, -0.2) is 199 Å². The number of nitrogens with two attached hydrogens (primary N) is 1. The van der Waals surface area contributed by atoms with Gasteiger partial charge in [-0.25, -0.2) is 9.07 Å². The van der Waals surface area contributed by atoms with Crippen LogP contribution < -0.4 is 47.7 Å². The highest BCUT2D eigenvalue weighted by atomic mass is 32.2. The van der Waals surface area contributed by atoms with E-state index in [0.717, 1.165) is 16.7 Å². The zero-order chi connectivity index (χ0) is 72.8. The van der Waals surface area contributed by atoms with Crippen molar-refractivity contribution in [2.24, 2.45) is 5.73 Å². The number of aliphatic hydroxyl groups excluding tert-OH is 1. The van der Waals surface area contributed by atoms with Gasteiger partial charge in [0, 0.05) is 91.5 Å². The van der Waals surface area contributed by atoms with Gasteiger partial charge in [-0.1, -0.05) is 59.8 Å². The Kier molecular flexibility index (Phi) is 25.5. The average Bonchev–Trinajstić information content (AvgIpc) is 1.61. The fourth-order valence-corrected chi connectivity index (χ4v) is 15.1. The number of thioether (sulfide) groups is 2. The van der Waals surface area contributed by atoms with Gasteiger partial charge in [-0.3, -0.25) is 43.2 Å². The number of hydrogen-bond acceptors (Lipinski definition) is 17. The molecule has 102 heavy (non-hydrogen) atoms. The van der Waals surface area contributed by atoms with E-state index in [1.165, 1.54) is 60.7 Å². The van der Waals surface area contributed by atoms with Crippen LogP contribution in [0.15, 0.2) is 123 Å². The molecule has 0 spiro atoms. The van der Waals surface area contributed by atoms with Crippen molar-refractivity contribution in [2.45, 2.75) is 150 Å². The lowest BCUT2D eigenvalue weighted by Crippen LogP contribution is -2.64. The lowest BCUT2D eigenvalue weighted by molar-refractivity contribution is -0.147. The number of carbonyl (C=O) groups is 9. The van der Waals surface area contributed by atoms with Gasteiger partial charge in [-0.15, -0.1) is 18.3 Å². The Bertz CT molecular complexity index is 4090. The number of rotatable bonds is 12. The van der Waals surface area contributed by atoms with E-state index in [2.05, 4.69) is 60.7 Å². The maximum Gasteiger partial charge on any atom is 0.246 e. The lowest BCUT2D eigenvalue weighted by Gasteiger charge is -2.37. The number of ether oxygens (including phenoxy) is 2. The van der Waals surface area contributed by atoms with Crippen LogP contribution in [0.5, 0.6) is 5.75 Å². The second-order valence-electron chi connectivity index (χ2n) is 26.3. The molecule has 2 fully saturated rings. The summed E-state index contributed by atoms with van der Waals surface area (Å²) in [7, 11) is 1.51. The highest BCUT2D eigenvalue weighted by molar-refractivity contribution is 7.98. The molecule has 542 valence electrons. The summed E-state index contributed by atoms with van der Waals surface area (Å²) in [5.41, 5.74) is 10.5. The molecule has 10 N–H and O–H groups in total. The number of hydrogen-bond donors (Lipinski definition) is 9. The van der Waals surface area contributed by atoms with E-state index in [-0.39, 0.29) is 71.4 Å². The monoisotopic (exact) mass is 1440 g/mol. The van der Waals surface area contributed by atoms with E-state index in [1.54, 1.807) is 84.2 Å². The summed E-state index contributed by atoms with van der Waals surface area (Å²) in [5, 5.41) is 40.9. The number of halogens is 1. The van der Waals surface area contributed by atoms with Crippen molar-refractivity contribution < 1.29 is 62.1 Å². The SMILES string of the molecule is C=CCO[C@H]1CCN2C(=O)[C@@H]3Cc4cc5cc(F)ccc5n4Cc4cn(nn4)-c4cc(cc(c4)CSCCC(=O)N[C@@H](CN)C(=O)N[C@H](C)C(=O)N[C@@H](Cc4cccc(CC=C)c4)C(=O)N3)CSCCNC(=O)[C@]3(C)CCCN3C(=O)[C@H](Cc3ccc(OC)cc3)NC(=O)[C@H]([C@@H](C)O)NC(=O)[C@H]12. The molecule has 6 heterocycles. The molecule has 26 nitrogen and oxygen atoms in total. The predicted molar refractivity (Wildman–Crippen MR) is 384 cm³/mol. The lowest BCUT2D eigenvalue weighted by atomic mass is 9.95. The first-order chi connectivity index (χ1) is 49.1.